The van der Waals surface area contributed by atoms with E-state index in [1.54, 1.807) is 0 Å². The van der Waals surface area contributed by atoms with Gasteiger partial charge in [-0.25, -0.2) is 8.78 Å². The van der Waals surface area contributed by atoms with Crippen molar-refractivity contribution in [2.45, 2.75) is 54.8 Å². The fourth-order valence-corrected chi connectivity index (χ4v) is 6.28. The van der Waals surface area contributed by atoms with Crippen molar-refractivity contribution < 1.29 is 62.9 Å². The minimum absolute atomic E-state index is 0.0918. The summed E-state index contributed by atoms with van der Waals surface area (Å²) in [4.78, 5) is 0. The van der Waals surface area contributed by atoms with E-state index in [4.69, 9.17) is 11.5 Å². The number of benzene rings is 4. The van der Waals surface area contributed by atoms with Crippen molar-refractivity contribution in [2.24, 2.45) is 0 Å². The Morgan fingerprint density at radius 1 is 0.551 bits per heavy atom. The summed E-state index contributed by atoms with van der Waals surface area (Å²) in [5.74, 6) is -13.1. The average Bonchev–Trinajstić information content (AvgIpc) is 3.29. The van der Waals surface area contributed by atoms with Crippen molar-refractivity contribution >= 4 is 11.4 Å². The van der Waals surface area contributed by atoms with Crippen molar-refractivity contribution in [3.05, 3.63) is 106 Å². The van der Waals surface area contributed by atoms with Crippen molar-refractivity contribution in [1.82, 2.24) is 0 Å². The number of nitrogens with two attached hydrogens (primary N) is 2. The van der Waals surface area contributed by atoms with Crippen molar-refractivity contribution in [3.63, 3.8) is 0 Å². The zero-order valence-electron chi connectivity index (χ0n) is 24.6. The van der Waals surface area contributed by atoms with Crippen LogP contribution in [-0.4, -0.2) is 34.9 Å². The minimum atomic E-state index is -5.40. The zero-order chi connectivity index (χ0) is 36.5. The Labute approximate surface area is 269 Å². The Balaban J connectivity index is 1.89. The monoisotopic (exact) mass is 708 g/mol. The van der Waals surface area contributed by atoms with Crippen molar-refractivity contribution in [1.29, 1.82) is 0 Å². The first-order valence-corrected chi connectivity index (χ1v) is 14.2. The molecule has 0 aliphatic heterocycles. The van der Waals surface area contributed by atoms with Gasteiger partial charge < -0.3 is 21.7 Å². The first-order chi connectivity index (χ1) is 22.5. The van der Waals surface area contributed by atoms with Crippen LogP contribution >= 0.6 is 0 Å². The van der Waals surface area contributed by atoms with Crippen LogP contribution in [0.1, 0.15) is 46.2 Å². The lowest BCUT2D eigenvalue weighted by Gasteiger charge is -2.36. The van der Waals surface area contributed by atoms with Gasteiger partial charge in [0, 0.05) is 0 Å². The molecule has 262 valence electrons. The molecule has 4 aromatic carbocycles. The first kappa shape index (κ1) is 35.5. The third kappa shape index (κ3) is 5.94. The van der Waals surface area contributed by atoms with E-state index in [9.17, 15) is 45.3 Å². The summed E-state index contributed by atoms with van der Waals surface area (Å²) < 4.78 is 169. The van der Waals surface area contributed by atoms with Gasteiger partial charge in [-0.3, -0.25) is 0 Å². The summed E-state index contributed by atoms with van der Waals surface area (Å²) in [6, 6.07) is 14.4. The summed E-state index contributed by atoms with van der Waals surface area (Å²) in [5.41, 5.74) is 4.27. The van der Waals surface area contributed by atoms with Crippen LogP contribution in [0.15, 0.2) is 72.8 Å². The summed E-state index contributed by atoms with van der Waals surface area (Å²) >= 11 is 0. The van der Waals surface area contributed by atoms with E-state index in [0.29, 0.717) is 23.3 Å². The molecule has 16 heteroatoms. The van der Waals surface area contributed by atoms with Gasteiger partial charge in [0.05, 0.1) is 40.8 Å². The molecule has 4 aromatic rings. The maximum absolute atomic E-state index is 15.5. The SMILES string of the molecule is Nc1cc(C2(c3cc(N)c(O)c(C(F)(F)C(F)CC(F)(F)F)c3)c3ccccc3-c3ccccc32)cc(C(F)(F)C(F)CC(F)(F)F)c1O. The highest BCUT2D eigenvalue weighted by molar-refractivity contribution is 5.87. The number of rotatable bonds is 8. The minimum Gasteiger partial charge on any atom is -0.505 e. The second-order valence-electron chi connectivity index (χ2n) is 11.6. The van der Waals surface area contributed by atoms with E-state index < -0.39 is 99.9 Å². The van der Waals surface area contributed by atoms with Gasteiger partial charge in [0.15, 0.2) is 12.3 Å². The lowest BCUT2D eigenvalue weighted by molar-refractivity contribution is -0.180. The molecule has 0 saturated heterocycles. The fourth-order valence-electron chi connectivity index (χ4n) is 6.28. The third-order valence-corrected chi connectivity index (χ3v) is 8.42. The standard InChI is InChI=1S/C33H24F12N2O2/c34-25(13-29(36,37)38)32(42,43)21-9-15(11-23(46)27(21)48)31(19-7-3-1-5-17(19)18-6-2-4-8-20(18)31)16-10-22(28(49)24(47)12-16)33(44,45)26(35)14-30(39,40)41/h1-12,25-26,48-49H,13-14,46-47H2. The molecular formula is C33H24F12N2O2. The van der Waals surface area contributed by atoms with Crippen LogP contribution in [-0.2, 0) is 17.3 Å². The molecule has 0 saturated carbocycles. The Bertz CT molecular complexity index is 1770. The zero-order valence-corrected chi connectivity index (χ0v) is 24.6. The van der Waals surface area contributed by atoms with E-state index in [-0.39, 0.29) is 11.1 Å². The first-order valence-electron chi connectivity index (χ1n) is 14.2. The van der Waals surface area contributed by atoms with E-state index in [1.807, 2.05) is 0 Å². The molecule has 0 spiro atoms. The van der Waals surface area contributed by atoms with Crippen molar-refractivity contribution in [3.8, 4) is 22.6 Å². The number of nitrogen functional groups attached to an aromatic ring is 2. The molecule has 0 aromatic heterocycles. The molecule has 0 radical (unpaired) electrons. The number of phenolic OH excluding ortho intramolecular Hbond substituents is 2. The lowest BCUT2D eigenvalue weighted by Crippen LogP contribution is -2.35. The number of hydrogen-bond donors (Lipinski definition) is 4. The Morgan fingerprint density at radius 3 is 1.20 bits per heavy atom. The predicted octanol–water partition coefficient (Wildman–Crippen LogP) is 9.39. The number of phenols is 2. The number of halogens is 12. The van der Waals surface area contributed by atoms with Gasteiger partial charge in [-0.1, -0.05) is 48.5 Å². The topological polar surface area (TPSA) is 92.5 Å². The molecular weight excluding hydrogens is 684 g/mol. The largest absolute Gasteiger partial charge is 0.505 e. The van der Waals surface area contributed by atoms with E-state index in [1.165, 1.54) is 48.5 Å². The summed E-state index contributed by atoms with van der Waals surface area (Å²) in [7, 11) is 0. The molecule has 0 heterocycles. The second-order valence-corrected chi connectivity index (χ2v) is 11.6. The van der Waals surface area contributed by atoms with E-state index >= 15 is 17.6 Å². The maximum Gasteiger partial charge on any atom is 0.392 e. The second kappa shape index (κ2) is 11.7. The smallest absolute Gasteiger partial charge is 0.392 e. The number of fused-ring (bicyclic) bond motifs is 3. The molecule has 2 unspecified atom stereocenters. The maximum atomic E-state index is 15.5. The Kier molecular flexibility index (Phi) is 8.48. The van der Waals surface area contributed by atoms with Gasteiger partial charge in [-0.05, 0) is 57.6 Å². The van der Waals surface area contributed by atoms with Crippen LogP contribution in [0.4, 0.5) is 64.1 Å². The number of aromatic hydroxyl groups is 2. The number of hydrogen-bond acceptors (Lipinski definition) is 4. The van der Waals surface area contributed by atoms with Gasteiger partial charge >= 0.3 is 24.2 Å². The molecule has 5 rings (SSSR count). The highest BCUT2D eigenvalue weighted by atomic mass is 19.4. The highest BCUT2D eigenvalue weighted by Gasteiger charge is 2.54. The van der Waals surface area contributed by atoms with Crippen LogP contribution in [0, 0.1) is 0 Å². The summed E-state index contributed by atoms with van der Waals surface area (Å²) in [5, 5.41) is 21.1. The van der Waals surface area contributed by atoms with Crippen LogP contribution in [0.25, 0.3) is 11.1 Å². The molecule has 4 nitrogen and oxygen atoms in total. The molecule has 0 fully saturated rings. The Hall–Kier alpha value is -4.76. The van der Waals surface area contributed by atoms with Crippen LogP contribution < -0.4 is 11.5 Å². The van der Waals surface area contributed by atoms with Crippen LogP contribution in [0.5, 0.6) is 11.5 Å². The molecule has 0 amide bonds. The Morgan fingerprint density at radius 2 is 0.878 bits per heavy atom. The molecule has 1 aliphatic rings. The normalized spacial score (nSPS) is 15.8. The summed E-state index contributed by atoms with van der Waals surface area (Å²) in [6.07, 6.45) is -23.9. The molecule has 6 N–H and O–H groups in total. The molecule has 0 bridgehead atoms. The van der Waals surface area contributed by atoms with Crippen LogP contribution in [0.2, 0.25) is 0 Å². The van der Waals surface area contributed by atoms with Gasteiger partial charge in [0.25, 0.3) is 0 Å². The van der Waals surface area contributed by atoms with Gasteiger partial charge in [0.1, 0.15) is 11.5 Å². The quantitative estimate of drug-likeness (QED) is 0.0735. The average molecular weight is 709 g/mol. The molecule has 49 heavy (non-hydrogen) atoms. The third-order valence-electron chi connectivity index (χ3n) is 8.42. The lowest BCUT2D eigenvalue weighted by atomic mass is 9.66. The van der Waals surface area contributed by atoms with Gasteiger partial charge in [-0.15, -0.1) is 0 Å². The van der Waals surface area contributed by atoms with Crippen molar-refractivity contribution in [2.75, 3.05) is 11.5 Å². The van der Waals surface area contributed by atoms with Gasteiger partial charge in [-0.2, -0.15) is 43.9 Å². The van der Waals surface area contributed by atoms with Gasteiger partial charge in [0.2, 0.25) is 0 Å². The highest BCUT2D eigenvalue weighted by Crippen LogP contribution is 2.59. The number of alkyl halides is 12. The van der Waals surface area contributed by atoms with E-state index in [0.717, 1.165) is 12.1 Å². The van der Waals surface area contributed by atoms with E-state index in [2.05, 4.69) is 0 Å². The number of anilines is 2. The molecule has 2 atom stereocenters. The predicted molar refractivity (Wildman–Crippen MR) is 155 cm³/mol. The fraction of sp³-hybridized carbons (Fsp3) is 0.273. The van der Waals surface area contributed by atoms with Crippen LogP contribution in [0.3, 0.4) is 0 Å². The summed E-state index contributed by atoms with van der Waals surface area (Å²) in [6.45, 7) is 0. The molecule has 1 aliphatic carbocycles.